The number of halogens is 2. The summed E-state index contributed by atoms with van der Waals surface area (Å²) in [5, 5.41) is 5.08. The lowest BCUT2D eigenvalue weighted by Gasteiger charge is -2.35. The van der Waals surface area contributed by atoms with Crippen molar-refractivity contribution in [3.63, 3.8) is 0 Å². The summed E-state index contributed by atoms with van der Waals surface area (Å²) in [4.78, 5) is 14.5. The van der Waals surface area contributed by atoms with Crippen LogP contribution in [0.15, 0.2) is 15.9 Å². The van der Waals surface area contributed by atoms with Gasteiger partial charge in [-0.25, -0.2) is 0 Å². The van der Waals surface area contributed by atoms with Crippen molar-refractivity contribution in [3.8, 4) is 0 Å². The van der Waals surface area contributed by atoms with Crippen LogP contribution in [0.25, 0.3) is 0 Å². The van der Waals surface area contributed by atoms with Crippen molar-refractivity contribution in [2.75, 3.05) is 20.1 Å². The number of thiophene rings is 1. The lowest BCUT2D eigenvalue weighted by molar-refractivity contribution is 0.0686. The lowest BCUT2D eigenvalue weighted by atomic mass is 10.1. The minimum Gasteiger partial charge on any atom is -0.335 e. The molecule has 0 spiro atoms. The van der Waals surface area contributed by atoms with Gasteiger partial charge in [-0.2, -0.15) is 0 Å². The number of amides is 1. The monoisotopic (exact) mass is 310 g/mol. The van der Waals surface area contributed by atoms with Crippen LogP contribution < -0.4 is 5.32 Å². The summed E-state index contributed by atoms with van der Waals surface area (Å²) in [5.74, 6) is 0.118. The number of carbonyl (C=O) groups excluding carboxylic acids is 1. The second kappa shape index (κ2) is 5.30. The Bertz CT molecular complexity index is 354. The molecule has 2 heterocycles. The first-order chi connectivity index (χ1) is 6.68. The fraction of sp³-hybridized carbons (Fsp3) is 0.444. The van der Waals surface area contributed by atoms with Crippen molar-refractivity contribution in [2.45, 2.75) is 6.04 Å². The van der Waals surface area contributed by atoms with Crippen molar-refractivity contribution in [2.24, 2.45) is 0 Å². The highest BCUT2D eigenvalue weighted by atomic mass is 79.9. The summed E-state index contributed by atoms with van der Waals surface area (Å²) in [6.45, 7) is 1.82. The molecule has 1 saturated heterocycles. The van der Waals surface area contributed by atoms with E-state index >= 15 is 0 Å². The predicted molar refractivity (Wildman–Crippen MR) is 68.0 cm³/mol. The molecule has 1 N–H and O–H groups in total. The van der Waals surface area contributed by atoms with Crippen LogP contribution in [-0.2, 0) is 0 Å². The van der Waals surface area contributed by atoms with Gasteiger partial charge in [-0.15, -0.1) is 23.7 Å². The maximum absolute atomic E-state index is 11.9. The number of nitrogens with one attached hydrogen (secondary N) is 1. The molecular formula is C9H12BrClN2OS. The highest BCUT2D eigenvalue weighted by Gasteiger charge is 2.26. The summed E-state index contributed by atoms with van der Waals surface area (Å²) in [5.41, 5.74) is 0. The van der Waals surface area contributed by atoms with Gasteiger partial charge in [0.1, 0.15) is 0 Å². The molecule has 1 aromatic rings. The molecule has 1 aliphatic heterocycles. The van der Waals surface area contributed by atoms with E-state index in [2.05, 4.69) is 21.2 Å². The molecule has 2 rings (SSSR count). The highest BCUT2D eigenvalue weighted by molar-refractivity contribution is 9.10. The zero-order valence-corrected chi connectivity index (χ0v) is 11.4. The molecule has 0 bridgehead atoms. The molecule has 0 saturated carbocycles. The zero-order valence-electron chi connectivity index (χ0n) is 8.20. The number of hydrogen-bond acceptors (Lipinski definition) is 3. The van der Waals surface area contributed by atoms with Crippen LogP contribution in [0.2, 0.25) is 0 Å². The van der Waals surface area contributed by atoms with Gasteiger partial charge in [-0.1, -0.05) is 0 Å². The Morgan fingerprint density at radius 3 is 2.73 bits per heavy atom. The second-order valence-electron chi connectivity index (χ2n) is 3.36. The molecule has 1 aromatic heterocycles. The third-order valence-electron chi connectivity index (χ3n) is 2.41. The molecule has 0 atom stereocenters. The maximum atomic E-state index is 11.9. The van der Waals surface area contributed by atoms with Gasteiger partial charge in [-0.3, -0.25) is 4.79 Å². The fourth-order valence-corrected chi connectivity index (χ4v) is 2.72. The van der Waals surface area contributed by atoms with Crippen LogP contribution in [0, 0.1) is 0 Å². The van der Waals surface area contributed by atoms with Gasteiger partial charge in [0, 0.05) is 30.0 Å². The summed E-state index contributed by atoms with van der Waals surface area (Å²) in [6, 6.07) is 2.23. The quantitative estimate of drug-likeness (QED) is 0.906. The van der Waals surface area contributed by atoms with Gasteiger partial charge < -0.3 is 10.2 Å². The molecule has 1 amide bonds. The summed E-state index contributed by atoms with van der Waals surface area (Å²) in [6.07, 6.45) is 0. The molecular weight excluding hydrogens is 300 g/mol. The van der Waals surface area contributed by atoms with Crippen LogP contribution in [0.4, 0.5) is 0 Å². The largest absolute Gasteiger partial charge is 0.335 e. The van der Waals surface area contributed by atoms with Gasteiger partial charge in [-0.05, 0) is 22.0 Å². The van der Waals surface area contributed by atoms with Crippen molar-refractivity contribution < 1.29 is 4.79 Å². The van der Waals surface area contributed by atoms with E-state index in [-0.39, 0.29) is 18.3 Å². The minimum atomic E-state index is 0. The predicted octanol–water partition coefficient (Wildman–Crippen LogP) is 1.98. The number of likely N-dealkylation sites (N-methyl/N-ethyl adjacent to an activating group) is 1. The van der Waals surface area contributed by atoms with Crippen molar-refractivity contribution >= 4 is 45.6 Å². The molecule has 1 aliphatic rings. The zero-order chi connectivity index (χ0) is 10.1. The van der Waals surface area contributed by atoms with E-state index in [0.29, 0.717) is 6.04 Å². The van der Waals surface area contributed by atoms with E-state index in [1.165, 1.54) is 11.3 Å². The third kappa shape index (κ3) is 2.72. The smallest absolute Gasteiger partial charge is 0.264 e. The number of hydrogen-bond donors (Lipinski definition) is 1. The molecule has 0 aliphatic carbocycles. The Labute approximate surface area is 107 Å². The third-order valence-corrected chi connectivity index (χ3v) is 4.09. The number of nitrogens with zero attached hydrogens (tertiary/aromatic N) is 1. The van der Waals surface area contributed by atoms with Gasteiger partial charge in [0.25, 0.3) is 5.91 Å². The normalized spacial score (nSPS) is 15.3. The first-order valence-corrected chi connectivity index (χ1v) is 6.07. The van der Waals surface area contributed by atoms with Gasteiger partial charge >= 0.3 is 0 Å². The Balaban J connectivity index is 0.00000112. The van der Waals surface area contributed by atoms with Gasteiger partial charge in [0.05, 0.1) is 10.9 Å². The average Bonchev–Trinajstić information content (AvgIpc) is 2.47. The molecule has 0 unspecified atom stereocenters. The van der Waals surface area contributed by atoms with Gasteiger partial charge in [0.15, 0.2) is 0 Å². The van der Waals surface area contributed by atoms with Crippen molar-refractivity contribution in [1.29, 1.82) is 0 Å². The van der Waals surface area contributed by atoms with Crippen LogP contribution in [0.1, 0.15) is 9.67 Å². The minimum absolute atomic E-state index is 0. The van der Waals surface area contributed by atoms with E-state index in [9.17, 15) is 4.79 Å². The van der Waals surface area contributed by atoms with E-state index in [0.717, 1.165) is 22.4 Å². The van der Waals surface area contributed by atoms with Crippen molar-refractivity contribution in [3.05, 3.63) is 20.8 Å². The molecule has 6 heteroatoms. The molecule has 15 heavy (non-hydrogen) atoms. The number of rotatable bonds is 2. The van der Waals surface area contributed by atoms with E-state index in [4.69, 9.17) is 0 Å². The van der Waals surface area contributed by atoms with E-state index in [1.54, 1.807) is 0 Å². The van der Waals surface area contributed by atoms with Crippen LogP contribution >= 0.6 is 39.7 Å². The fourth-order valence-electron chi connectivity index (χ4n) is 1.31. The van der Waals surface area contributed by atoms with Crippen LogP contribution in [0.3, 0.4) is 0 Å². The Hall–Kier alpha value is -0.100. The Morgan fingerprint density at radius 2 is 2.33 bits per heavy atom. The SMILES string of the molecule is CN(C(=O)c1cc(Br)cs1)C1CNC1.Cl. The Kier molecular flexibility index (Phi) is 4.58. The van der Waals surface area contributed by atoms with E-state index in [1.807, 2.05) is 23.4 Å². The van der Waals surface area contributed by atoms with Gasteiger partial charge in [0.2, 0.25) is 0 Å². The topological polar surface area (TPSA) is 32.3 Å². The molecule has 0 radical (unpaired) electrons. The molecule has 1 fully saturated rings. The summed E-state index contributed by atoms with van der Waals surface area (Å²) >= 11 is 4.82. The standard InChI is InChI=1S/C9H11BrN2OS.ClH/c1-12(7-3-11-4-7)9(13)8-2-6(10)5-14-8;/h2,5,7,11H,3-4H2,1H3;1H. The molecule has 3 nitrogen and oxygen atoms in total. The summed E-state index contributed by atoms with van der Waals surface area (Å²) < 4.78 is 0.978. The molecule has 0 aromatic carbocycles. The van der Waals surface area contributed by atoms with Crippen LogP contribution in [-0.4, -0.2) is 37.0 Å². The molecule has 84 valence electrons. The average molecular weight is 312 g/mol. The highest BCUT2D eigenvalue weighted by Crippen LogP contribution is 2.21. The van der Waals surface area contributed by atoms with E-state index < -0.39 is 0 Å². The maximum Gasteiger partial charge on any atom is 0.264 e. The van der Waals surface area contributed by atoms with Crippen LogP contribution in [0.5, 0.6) is 0 Å². The van der Waals surface area contributed by atoms with Crippen molar-refractivity contribution in [1.82, 2.24) is 10.2 Å². The first-order valence-electron chi connectivity index (χ1n) is 4.40. The lowest BCUT2D eigenvalue weighted by Crippen LogP contribution is -2.57. The summed E-state index contributed by atoms with van der Waals surface area (Å²) in [7, 11) is 1.86. The number of carbonyl (C=O) groups is 1. The second-order valence-corrected chi connectivity index (χ2v) is 5.18. The first kappa shape index (κ1) is 13.0. The Morgan fingerprint density at radius 1 is 1.67 bits per heavy atom.